The van der Waals surface area contributed by atoms with Crippen LogP contribution in [-0.4, -0.2) is 29.8 Å². The number of rotatable bonds is 5. The summed E-state index contributed by atoms with van der Waals surface area (Å²) in [6.07, 6.45) is 0. The SMILES string of the molecule is COCC(=O)N[C@H](c1ccc(Cl)cc1)c1noc(C)n1. The molecule has 1 N–H and O–H groups in total. The van der Waals surface area contributed by atoms with Gasteiger partial charge in [0.05, 0.1) is 0 Å². The summed E-state index contributed by atoms with van der Waals surface area (Å²) in [5.41, 5.74) is 0.805. The van der Waals surface area contributed by atoms with Crippen LogP contribution in [0.4, 0.5) is 0 Å². The second-order valence-electron chi connectivity index (χ2n) is 4.16. The number of aromatic nitrogens is 2. The zero-order chi connectivity index (χ0) is 14.5. The Hall–Kier alpha value is -1.92. The zero-order valence-electron chi connectivity index (χ0n) is 11.1. The van der Waals surface area contributed by atoms with Crippen LogP contribution in [0.15, 0.2) is 28.8 Å². The van der Waals surface area contributed by atoms with E-state index in [0.29, 0.717) is 16.7 Å². The molecule has 1 aromatic heterocycles. The Morgan fingerprint density at radius 2 is 2.15 bits per heavy atom. The van der Waals surface area contributed by atoms with Gasteiger partial charge in [-0.05, 0) is 17.7 Å². The van der Waals surface area contributed by atoms with Crippen LogP contribution in [-0.2, 0) is 9.53 Å². The molecular formula is C13H14ClN3O3. The van der Waals surface area contributed by atoms with Crippen LogP contribution in [0.1, 0.15) is 23.3 Å². The molecular weight excluding hydrogens is 282 g/mol. The highest BCUT2D eigenvalue weighted by Gasteiger charge is 2.21. The molecule has 1 atom stereocenters. The van der Waals surface area contributed by atoms with Crippen molar-refractivity contribution in [2.24, 2.45) is 0 Å². The number of benzene rings is 1. The summed E-state index contributed by atoms with van der Waals surface area (Å²) in [6, 6.07) is 6.56. The lowest BCUT2D eigenvalue weighted by Crippen LogP contribution is -2.32. The van der Waals surface area contributed by atoms with Crippen molar-refractivity contribution >= 4 is 17.5 Å². The smallest absolute Gasteiger partial charge is 0.246 e. The molecule has 0 saturated heterocycles. The van der Waals surface area contributed by atoms with Gasteiger partial charge in [-0.25, -0.2) is 0 Å². The van der Waals surface area contributed by atoms with Crippen LogP contribution < -0.4 is 5.32 Å². The first kappa shape index (κ1) is 14.5. The number of nitrogens with one attached hydrogen (secondary N) is 1. The molecule has 20 heavy (non-hydrogen) atoms. The molecule has 2 aromatic rings. The van der Waals surface area contributed by atoms with Gasteiger partial charge in [-0.2, -0.15) is 4.98 Å². The number of aryl methyl sites for hydroxylation is 1. The number of carbonyl (C=O) groups is 1. The van der Waals surface area contributed by atoms with Gasteiger partial charge in [-0.3, -0.25) is 4.79 Å². The highest BCUT2D eigenvalue weighted by molar-refractivity contribution is 6.30. The van der Waals surface area contributed by atoms with Crippen LogP contribution in [0.25, 0.3) is 0 Å². The first-order valence-electron chi connectivity index (χ1n) is 5.94. The molecule has 0 aliphatic heterocycles. The standard InChI is InChI=1S/C13H14ClN3O3/c1-8-15-13(17-20-8)12(16-11(18)7-19-2)9-3-5-10(14)6-4-9/h3-6,12H,7H2,1-2H3,(H,16,18)/t12-/m1/s1. The first-order valence-corrected chi connectivity index (χ1v) is 6.32. The maximum absolute atomic E-state index is 11.7. The Morgan fingerprint density at radius 3 is 2.70 bits per heavy atom. The summed E-state index contributed by atoms with van der Waals surface area (Å²) in [5, 5.41) is 7.26. The fourth-order valence-corrected chi connectivity index (χ4v) is 1.84. The number of amides is 1. The minimum Gasteiger partial charge on any atom is -0.375 e. The highest BCUT2D eigenvalue weighted by atomic mass is 35.5. The molecule has 7 heteroatoms. The van der Waals surface area contributed by atoms with Crippen LogP contribution in [0.5, 0.6) is 0 Å². The third-order valence-electron chi connectivity index (χ3n) is 2.59. The van der Waals surface area contributed by atoms with Gasteiger partial charge in [0.15, 0.2) is 5.82 Å². The molecule has 0 spiro atoms. The number of hydrogen-bond acceptors (Lipinski definition) is 5. The van der Waals surface area contributed by atoms with Crippen molar-refractivity contribution in [3.8, 4) is 0 Å². The second kappa shape index (κ2) is 6.49. The summed E-state index contributed by atoms with van der Waals surface area (Å²) in [7, 11) is 1.45. The summed E-state index contributed by atoms with van der Waals surface area (Å²) in [5.74, 6) is 0.545. The van der Waals surface area contributed by atoms with Gasteiger partial charge >= 0.3 is 0 Å². The van der Waals surface area contributed by atoms with Crippen molar-refractivity contribution in [3.63, 3.8) is 0 Å². The van der Waals surface area contributed by atoms with Crippen molar-refractivity contribution < 1.29 is 14.1 Å². The largest absolute Gasteiger partial charge is 0.375 e. The number of carbonyl (C=O) groups excluding carboxylic acids is 1. The van der Waals surface area contributed by atoms with Gasteiger partial charge in [-0.1, -0.05) is 28.9 Å². The Labute approximate surface area is 121 Å². The lowest BCUT2D eigenvalue weighted by atomic mass is 10.1. The topological polar surface area (TPSA) is 77.2 Å². The van der Waals surface area contributed by atoms with Crippen molar-refractivity contribution in [2.75, 3.05) is 13.7 Å². The number of methoxy groups -OCH3 is 1. The molecule has 1 heterocycles. The van der Waals surface area contributed by atoms with Gasteiger partial charge in [0.2, 0.25) is 11.8 Å². The fraction of sp³-hybridized carbons (Fsp3) is 0.308. The average molecular weight is 296 g/mol. The quantitative estimate of drug-likeness (QED) is 0.911. The van der Waals surface area contributed by atoms with Gasteiger partial charge in [0.1, 0.15) is 12.6 Å². The second-order valence-corrected chi connectivity index (χ2v) is 4.59. The van der Waals surface area contributed by atoms with Gasteiger partial charge in [0.25, 0.3) is 0 Å². The monoisotopic (exact) mass is 295 g/mol. The van der Waals surface area contributed by atoms with E-state index >= 15 is 0 Å². The van der Waals surface area contributed by atoms with Crippen LogP contribution in [0.3, 0.4) is 0 Å². The summed E-state index contributed by atoms with van der Waals surface area (Å²) in [6.45, 7) is 1.65. The van der Waals surface area contributed by atoms with E-state index in [1.165, 1.54) is 7.11 Å². The predicted octanol–water partition coefficient (Wildman–Crippen LogP) is 1.88. The minimum atomic E-state index is -0.507. The van der Waals surface area contributed by atoms with Gasteiger partial charge in [0, 0.05) is 19.1 Å². The predicted molar refractivity (Wildman–Crippen MR) is 72.3 cm³/mol. The molecule has 0 unspecified atom stereocenters. The normalized spacial score (nSPS) is 12.2. The van der Waals surface area contributed by atoms with E-state index in [0.717, 1.165) is 5.56 Å². The lowest BCUT2D eigenvalue weighted by molar-refractivity contribution is -0.125. The summed E-state index contributed by atoms with van der Waals surface area (Å²) in [4.78, 5) is 15.9. The molecule has 0 aliphatic carbocycles. The minimum absolute atomic E-state index is 0.0408. The van der Waals surface area contributed by atoms with Gasteiger partial charge in [-0.15, -0.1) is 0 Å². The maximum Gasteiger partial charge on any atom is 0.246 e. The number of nitrogens with zero attached hydrogens (tertiary/aromatic N) is 2. The molecule has 0 saturated carbocycles. The van der Waals surface area contributed by atoms with E-state index in [1.54, 1.807) is 31.2 Å². The maximum atomic E-state index is 11.7. The van der Waals surface area contributed by atoms with E-state index in [1.807, 2.05) is 0 Å². The molecule has 1 amide bonds. The van der Waals surface area contributed by atoms with Crippen LogP contribution in [0.2, 0.25) is 5.02 Å². The van der Waals surface area contributed by atoms with E-state index in [4.69, 9.17) is 20.9 Å². The Balaban J connectivity index is 2.28. The highest BCUT2D eigenvalue weighted by Crippen LogP contribution is 2.21. The van der Waals surface area contributed by atoms with Crippen LogP contribution in [0, 0.1) is 6.92 Å². The Morgan fingerprint density at radius 1 is 1.45 bits per heavy atom. The molecule has 0 fully saturated rings. The molecule has 0 aliphatic rings. The summed E-state index contributed by atoms with van der Waals surface area (Å²) < 4.78 is 9.77. The molecule has 1 aromatic carbocycles. The van der Waals surface area contributed by atoms with E-state index in [9.17, 15) is 4.79 Å². The Bertz CT molecular complexity index is 583. The third kappa shape index (κ3) is 3.55. The fourth-order valence-electron chi connectivity index (χ4n) is 1.72. The van der Waals surface area contributed by atoms with E-state index in [2.05, 4.69) is 15.5 Å². The van der Waals surface area contributed by atoms with Crippen molar-refractivity contribution in [1.29, 1.82) is 0 Å². The van der Waals surface area contributed by atoms with Crippen molar-refractivity contribution in [1.82, 2.24) is 15.5 Å². The zero-order valence-corrected chi connectivity index (χ0v) is 11.8. The number of halogens is 1. The molecule has 2 rings (SSSR count). The van der Waals surface area contributed by atoms with Crippen molar-refractivity contribution in [3.05, 3.63) is 46.6 Å². The van der Waals surface area contributed by atoms with E-state index in [-0.39, 0.29) is 12.5 Å². The average Bonchev–Trinajstić information content (AvgIpc) is 2.84. The Kier molecular flexibility index (Phi) is 4.70. The lowest BCUT2D eigenvalue weighted by Gasteiger charge is -2.15. The van der Waals surface area contributed by atoms with Crippen molar-refractivity contribution in [2.45, 2.75) is 13.0 Å². The van der Waals surface area contributed by atoms with Crippen LogP contribution >= 0.6 is 11.6 Å². The first-order chi connectivity index (χ1) is 9.60. The number of ether oxygens (including phenoxy) is 1. The molecule has 106 valence electrons. The molecule has 0 bridgehead atoms. The third-order valence-corrected chi connectivity index (χ3v) is 2.84. The van der Waals surface area contributed by atoms with Gasteiger partial charge < -0.3 is 14.6 Å². The van der Waals surface area contributed by atoms with E-state index < -0.39 is 6.04 Å². The molecule has 6 nitrogen and oxygen atoms in total. The summed E-state index contributed by atoms with van der Waals surface area (Å²) >= 11 is 5.86. The molecule has 0 radical (unpaired) electrons. The number of hydrogen-bond donors (Lipinski definition) is 1.